The molecule has 2 aromatic rings. The fourth-order valence-corrected chi connectivity index (χ4v) is 2.99. The van der Waals surface area contributed by atoms with Crippen LogP contribution in [0.15, 0.2) is 41.3 Å². The summed E-state index contributed by atoms with van der Waals surface area (Å²) in [6.45, 7) is -0.245. The highest BCUT2D eigenvalue weighted by Gasteiger charge is 2.17. The Morgan fingerprint density at radius 2 is 1.57 bits per heavy atom. The van der Waals surface area contributed by atoms with E-state index in [4.69, 9.17) is 9.47 Å². The van der Waals surface area contributed by atoms with Crippen LogP contribution in [0.4, 0.5) is 8.78 Å². The maximum absolute atomic E-state index is 13.1. The van der Waals surface area contributed by atoms with Crippen molar-refractivity contribution >= 4 is 10.0 Å². The van der Waals surface area contributed by atoms with Crippen molar-refractivity contribution in [1.82, 2.24) is 4.72 Å². The second-order valence-electron chi connectivity index (χ2n) is 4.62. The molecule has 0 amide bonds. The lowest BCUT2D eigenvalue weighted by molar-refractivity contribution is 0.354. The van der Waals surface area contributed by atoms with Crippen molar-refractivity contribution in [3.8, 4) is 11.5 Å². The molecule has 2 rings (SSSR count). The van der Waals surface area contributed by atoms with Gasteiger partial charge in [-0.25, -0.2) is 21.9 Å². The van der Waals surface area contributed by atoms with Gasteiger partial charge in [0.15, 0.2) is 11.5 Å². The molecule has 0 radical (unpaired) electrons. The fourth-order valence-electron chi connectivity index (χ4n) is 1.96. The van der Waals surface area contributed by atoms with Crippen LogP contribution in [-0.4, -0.2) is 22.6 Å². The molecule has 0 heterocycles. The van der Waals surface area contributed by atoms with Gasteiger partial charge >= 0.3 is 0 Å². The van der Waals surface area contributed by atoms with Crippen molar-refractivity contribution in [1.29, 1.82) is 0 Å². The van der Waals surface area contributed by atoms with Crippen LogP contribution in [0.2, 0.25) is 0 Å². The van der Waals surface area contributed by atoms with Crippen LogP contribution < -0.4 is 14.2 Å². The zero-order valence-corrected chi connectivity index (χ0v) is 13.3. The Bertz CT molecular complexity index is 789. The highest BCUT2D eigenvalue weighted by molar-refractivity contribution is 7.89. The molecule has 0 aliphatic heterocycles. The van der Waals surface area contributed by atoms with Crippen LogP contribution in [0.25, 0.3) is 0 Å². The lowest BCUT2D eigenvalue weighted by atomic mass is 10.2. The number of halogens is 2. The van der Waals surface area contributed by atoms with Gasteiger partial charge < -0.3 is 9.47 Å². The van der Waals surface area contributed by atoms with Gasteiger partial charge in [-0.1, -0.05) is 0 Å². The van der Waals surface area contributed by atoms with Crippen molar-refractivity contribution < 1.29 is 26.7 Å². The van der Waals surface area contributed by atoms with E-state index in [0.717, 1.165) is 12.1 Å². The molecule has 0 atom stereocenters. The Morgan fingerprint density at radius 3 is 2.13 bits per heavy atom. The van der Waals surface area contributed by atoms with E-state index >= 15 is 0 Å². The average molecular weight is 343 g/mol. The third-order valence-electron chi connectivity index (χ3n) is 3.05. The molecule has 0 saturated heterocycles. The zero-order valence-electron chi connectivity index (χ0n) is 12.5. The second kappa shape index (κ2) is 6.93. The van der Waals surface area contributed by atoms with Crippen LogP contribution in [0, 0.1) is 11.6 Å². The van der Waals surface area contributed by atoms with Gasteiger partial charge in [-0.05, 0) is 29.8 Å². The fraction of sp³-hybridized carbons (Fsp3) is 0.200. The first-order valence-electron chi connectivity index (χ1n) is 6.52. The van der Waals surface area contributed by atoms with E-state index < -0.39 is 21.7 Å². The summed E-state index contributed by atoms with van der Waals surface area (Å²) in [5.41, 5.74) is 0.173. The molecule has 124 valence electrons. The summed E-state index contributed by atoms with van der Waals surface area (Å²) >= 11 is 0. The highest BCUT2D eigenvalue weighted by atomic mass is 32.2. The minimum atomic E-state index is -3.87. The van der Waals surface area contributed by atoms with Crippen LogP contribution in [0.5, 0.6) is 11.5 Å². The molecule has 23 heavy (non-hydrogen) atoms. The molecule has 8 heteroatoms. The maximum Gasteiger partial charge on any atom is 0.241 e. The lowest BCUT2D eigenvalue weighted by Gasteiger charge is -2.11. The van der Waals surface area contributed by atoms with E-state index in [2.05, 4.69) is 4.72 Å². The predicted octanol–water partition coefficient (Wildman–Crippen LogP) is 2.46. The molecule has 0 aliphatic rings. The van der Waals surface area contributed by atoms with Gasteiger partial charge in [-0.3, -0.25) is 0 Å². The van der Waals surface area contributed by atoms with E-state index in [1.165, 1.54) is 32.4 Å². The molecular formula is C15H15F2NO4S. The van der Waals surface area contributed by atoms with Crippen LogP contribution in [0.3, 0.4) is 0 Å². The number of ether oxygens (including phenoxy) is 2. The number of methoxy groups -OCH3 is 2. The summed E-state index contributed by atoms with van der Waals surface area (Å²) in [7, 11) is -1.05. The topological polar surface area (TPSA) is 64.6 Å². The van der Waals surface area contributed by atoms with Gasteiger partial charge in [0.05, 0.1) is 19.1 Å². The Balaban J connectivity index is 2.21. The van der Waals surface area contributed by atoms with Crippen LogP contribution in [0.1, 0.15) is 5.56 Å². The zero-order chi connectivity index (χ0) is 17.0. The third kappa shape index (κ3) is 4.17. The average Bonchev–Trinajstić information content (AvgIpc) is 2.51. The Kier molecular flexibility index (Phi) is 5.17. The molecule has 0 aliphatic carbocycles. The van der Waals surface area contributed by atoms with E-state index in [0.29, 0.717) is 11.8 Å². The summed E-state index contributed by atoms with van der Waals surface area (Å²) in [5, 5.41) is 0. The quantitative estimate of drug-likeness (QED) is 0.875. The molecule has 0 unspecified atom stereocenters. The van der Waals surface area contributed by atoms with E-state index in [-0.39, 0.29) is 22.8 Å². The number of nitrogens with one attached hydrogen (secondary N) is 1. The molecule has 0 bridgehead atoms. The van der Waals surface area contributed by atoms with Gasteiger partial charge in [0.2, 0.25) is 10.0 Å². The molecule has 0 fully saturated rings. The second-order valence-corrected chi connectivity index (χ2v) is 6.39. The number of sulfonamides is 1. The minimum absolute atomic E-state index is 0.0491. The van der Waals surface area contributed by atoms with Gasteiger partial charge in [0, 0.05) is 18.7 Å². The summed E-state index contributed by atoms with van der Waals surface area (Å²) in [4.78, 5) is -0.0491. The van der Waals surface area contributed by atoms with Crippen molar-refractivity contribution in [3.63, 3.8) is 0 Å². The molecule has 2 aromatic carbocycles. The summed E-state index contributed by atoms with van der Waals surface area (Å²) in [6.07, 6.45) is 0. The number of hydrogen-bond donors (Lipinski definition) is 1. The first-order valence-corrected chi connectivity index (χ1v) is 8.00. The van der Waals surface area contributed by atoms with Gasteiger partial charge in [-0.15, -0.1) is 0 Å². The predicted molar refractivity (Wildman–Crippen MR) is 79.9 cm³/mol. The summed E-state index contributed by atoms with van der Waals surface area (Å²) < 4.78 is 63.1. The Morgan fingerprint density at radius 1 is 0.957 bits per heavy atom. The van der Waals surface area contributed by atoms with Crippen LogP contribution in [-0.2, 0) is 16.6 Å². The van der Waals surface area contributed by atoms with Crippen LogP contribution >= 0.6 is 0 Å². The van der Waals surface area contributed by atoms with Crippen molar-refractivity contribution in [2.75, 3.05) is 14.2 Å². The molecule has 0 aromatic heterocycles. The third-order valence-corrected chi connectivity index (χ3v) is 4.45. The normalized spacial score (nSPS) is 11.3. The Hall–Kier alpha value is -2.19. The SMILES string of the molecule is COc1ccc(S(=O)(=O)NCc2cc(F)cc(F)c2)cc1OC. The molecule has 5 nitrogen and oxygen atoms in total. The summed E-state index contributed by atoms with van der Waals surface area (Å²) in [6, 6.07) is 6.92. The minimum Gasteiger partial charge on any atom is -0.493 e. The van der Waals surface area contributed by atoms with Gasteiger partial charge in [0.1, 0.15) is 11.6 Å². The Labute approximate surface area is 132 Å². The van der Waals surface area contributed by atoms with Gasteiger partial charge in [-0.2, -0.15) is 0 Å². The molecular weight excluding hydrogens is 328 g/mol. The van der Waals surface area contributed by atoms with Crippen molar-refractivity contribution in [2.24, 2.45) is 0 Å². The molecule has 0 saturated carbocycles. The van der Waals surface area contributed by atoms with E-state index in [1.807, 2.05) is 0 Å². The molecule has 1 N–H and O–H groups in total. The van der Waals surface area contributed by atoms with Crippen molar-refractivity contribution in [3.05, 3.63) is 53.6 Å². The standard InChI is InChI=1S/C15H15F2NO4S/c1-21-14-4-3-13(8-15(14)22-2)23(19,20)18-9-10-5-11(16)7-12(17)6-10/h3-8,18H,9H2,1-2H3. The van der Waals surface area contributed by atoms with E-state index in [1.54, 1.807) is 0 Å². The number of benzene rings is 2. The highest BCUT2D eigenvalue weighted by Crippen LogP contribution is 2.29. The van der Waals surface area contributed by atoms with Gasteiger partial charge in [0.25, 0.3) is 0 Å². The number of hydrogen-bond acceptors (Lipinski definition) is 4. The maximum atomic E-state index is 13.1. The lowest BCUT2D eigenvalue weighted by Crippen LogP contribution is -2.23. The summed E-state index contributed by atoms with van der Waals surface area (Å²) in [5.74, 6) is -0.901. The number of rotatable bonds is 6. The first kappa shape index (κ1) is 17.2. The first-order chi connectivity index (χ1) is 10.9. The largest absolute Gasteiger partial charge is 0.493 e. The van der Waals surface area contributed by atoms with Crippen molar-refractivity contribution in [2.45, 2.75) is 11.4 Å². The monoisotopic (exact) mass is 343 g/mol. The molecule has 0 spiro atoms. The van der Waals surface area contributed by atoms with E-state index in [9.17, 15) is 17.2 Å². The smallest absolute Gasteiger partial charge is 0.241 e.